The van der Waals surface area contributed by atoms with Gasteiger partial charge in [-0.15, -0.1) is 0 Å². The molecule has 0 atom stereocenters. The molecule has 27 heavy (non-hydrogen) atoms. The number of aromatic amines is 1. The van der Waals surface area contributed by atoms with Crippen LogP contribution in [0.4, 0.5) is 4.79 Å². The Labute approximate surface area is 156 Å². The molecule has 1 aliphatic heterocycles. The molecule has 1 fully saturated rings. The Balaban J connectivity index is 1.39. The van der Waals surface area contributed by atoms with Crippen molar-refractivity contribution in [3.8, 4) is 17.3 Å². The van der Waals surface area contributed by atoms with Crippen molar-refractivity contribution in [2.45, 2.75) is 20.0 Å². The number of carbonyl (C=O) groups excluding carboxylic acids is 1. The van der Waals surface area contributed by atoms with E-state index in [0.717, 1.165) is 19.6 Å². The maximum atomic E-state index is 11.9. The van der Waals surface area contributed by atoms with Gasteiger partial charge in [0, 0.05) is 32.7 Å². The molecule has 0 aliphatic carbocycles. The van der Waals surface area contributed by atoms with Crippen molar-refractivity contribution in [3.63, 3.8) is 0 Å². The van der Waals surface area contributed by atoms with Crippen LogP contribution in [0.15, 0.2) is 27.6 Å². The van der Waals surface area contributed by atoms with E-state index in [1.54, 1.807) is 23.2 Å². The summed E-state index contributed by atoms with van der Waals surface area (Å²) in [7, 11) is 0. The number of rotatable bonds is 6. The summed E-state index contributed by atoms with van der Waals surface area (Å²) in [5.41, 5.74) is 0.498. The lowest BCUT2D eigenvalue weighted by Crippen LogP contribution is -2.50. The number of nitrogens with zero attached hydrogens (tertiary/aromatic N) is 4. The number of nitrogens with one attached hydrogen (secondary N) is 1. The molecule has 2 aromatic rings. The average Bonchev–Trinajstić information content (AvgIpc) is 3.09. The van der Waals surface area contributed by atoms with E-state index < -0.39 is 5.76 Å². The van der Waals surface area contributed by atoms with E-state index in [0.29, 0.717) is 31.1 Å². The van der Waals surface area contributed by atoms with Crippen LogP contribution in [0.1, 0.15) is 13.8 Å². The van der Waals surface area contributed by atoms with Crippen LogP contribution in [0.2, 0.25) is 0 Å². The first-order valence-corrected chi connectivity index (χ1v) is 8.84. The summed E-state index contributed by atoms with van der Waals surface area (Å²) >= 11 is 0. The van der Waals surface area contributed by atoms with Gasteiger partial charge in [-0.25, -0.2) is 14.6 Å². The molecule has 0 aromatic carbocycles. The number of hydrogen-bond donors (Lipinski definition) is 1. The van der Waals surface area contributed by atoms with Gasteiger partial charge in [-0.1, -0.05) is 5.16 Å². The maximum Gasteiger partial charge on any atom is 0.439 e. The zero-order valence-electron chi connectivity index (χ0n) is 15.4. The van der Waals surface area contributed by atoms with Crippen molar-refractivity contribution < 1.29 is 18.8 Å². The first-order valence-electron chi connectivity index (χ1n) is 8.84. The molecule has 0 spiro atoms. The van der Waals surface area contributed by atoms with Crippen molar-refractivity contribution in [2.24, 2.45) is 0 Å². The van der Waals surface area contributed by atoms with Gasteiger partial charge in [-0.2, -0.15) is 0 Å². The van der Waals surface area contributed by atoms with Crippen LogP contribution >= 0.6 is 0 Å². The number of ether oxygens (including phenoxy) is 2. The van der Waals surface area contributed by atoms with Gasteiger partial charge >= 0.3 is 11.8 Å². The van der Waals surface area contributed by atoms with Gasteiger partial charge in [0.2, 0.25) is 5.82 Å². The van der Waals surface area contributed by atoms with Crippen LogP contribution in [0.25, 0.3) is 11.5 Å². The third-order valence-corrected chi connectivity index (χ3v) is 4.06. The molecule has 1 amide bonds. The number of H-pyrrole nitrogens is 1. The Morgan fingerprint density at radius 3 is 2.67 bits per heavy atom. The third-order valence-electron chi connectivity index (χ3n) is 4.06. The first kappa shape index (κ1) is 18.9. The molecule has 0 radical (unpaired) electrons. The van der Waals surface area contributed by atoms with Gasteiger partial charge in [0.25, 0.3) is 0 Å². The molecule has 3 heterocycles. The van der Waals surface area contributed by atoms with Crippen molar-refractivity contribution in [1.29, 1.82) is 0 Å². The average molecular weight is 377 g/mol. The minimum absolute atomic E-state index is 0.103. The van der Waals surface area contributed by atoms with Gasteiger partial charge in [-0.3, -0.25) is 14.4 Å². The van der Waals surface area contributed by atoms with E-state index in [9.17, 15) is 9.59 Å². The normalized spacial score (nSPS) is 15.1. The van der Waals surface area contributed by atoms with E-state index in [2.05, 4.69) is 24.5 Å². The fourth-order valence-electron chi connectivity index (χ4n) is 2.67. The highest BCUT2D eigenvalue weighted by atomic mass is 16.6. The Hall–Kier alpha value is -2.88. The van der Waals surface area contributed by atoms with Crippen molar-refractivity contribution in [2.75, 3.05) is 39.3 Å². The summed E-state index contributed by atoms with van der Waals surface area (Å²) in [6, 6.07) is 3.46. The molecule has 10 nitrogen and oxygen atoms in total. The highest BCUT2D eigenvalue weighted by molar-refractivity contribution is 5.67. The summed E-state index contributed by atoms with van der Waals surface area (Å²) in [6.07, 6.45) is 1.22. The number of piperazine rings is 1. The second-order valence-electron chi connectivity index (χ2n) is 6.43. The van der Waals surface area contributed by atoms with Crippen LogP contribution in [0.3, 0.4) is 0 Å². The largest absolute Gasteiger partial charge is 0.491 e. The lowest BCUT2D eigenvalue weighted by atomic mass is 10.3. The molecule has 3 rings (SSSR count). The highest BCUT2D eigenvalue weighted by Gasteiger charge is 2.22. The van der Waals surface area contributed by atoms with E-state index in [1.807, 2.05) is 13.8 Å². The van der Waals surface area contributed by atoms with Gasteiger partial charge in [-0.05, 0) is 26.0 Å². The Morgan fingerprint density at radius 2 is 2.07 bits per heavy atom. The monoisotopic (exact) mass is 377 g/mol. The van der Waals surface area contributed by atoms with Crippen LogP contribution in [0.5, 0.6) is 5.75 Å². The predicted molar refractivity (Wildman–Crippen MR) is 95.5 cm³/mol. The minimum Gasteiger partial charge on any atom is -0.491 e. The van der Waals surface area contributed by atoms with Gasteiger partial charge in [0.15, 0.2) is 0 Å². The van der Waals surface area contributed by atoms with Crippen molar-refractivity contribution in [3.05, 3.63) is 28.9 Å². The number of aromatic nitrogens is 3. The molecule has 2 aromatic heterocycles. The van der Waals surface area contributed by atoms with Gasteiger partial charge < -0.3 is 14.4 Å². The SMILES string of the molecule is CC(C)OC(=O)N1CCN(CCOc2ccc(-c3noc(=O)[nH]3)nc2)CC1. The summed E-state index contributed by atoms with van der Waals surface area (Å²) in [4.78, 5) is 33.4. The quantitative estimate of drug-likeness (QED) is 0.792. The maximum absolute atomic E-state index is 11.9. The Kier molecular flexibility index (Phi) is 6.07. The Morgan fingerprint density at radius 1 is 1.30 bits per heavy atom. The lowest BCUT2D eigenvalue weighted by Gasteiger charge is -2.34. The summed E-state index contributed by atoms with van der Waals surface area (Å²) in [5, 5.41) is 3.58. The molecule has 1 aliphatic rings. The van der Waals surface area contributed by atoms with Crippen LogP contribution in [-0.4, -0.2) is 76.5 Å². The molecular formula is C17H23N5O5. The van der Waals surface area contributed by atoms with Crippen LogP contribution < -0.4 is 10.5 Å². The molecule has 146 valence electrons. The molecule has 1 saturated heterocycles. The van der Waals surface area contributed by atoms with E-state index in [4.69, 9.17) is 9.47 Å². The molecule has 0 bridgehead atoms. The number of carbonyl (C=O) groups is 1. The number of amides is 1. The fourth-order valence-corrected chi connectivity index (χ4v) is 2.67. The molecule has 1 N–H and O–H groups in total. The van der Waals surface area contributed by atoms with E-state index in [-0.39, 0.29) is 18.0 Å². The predicted octanol–water partition coefficient (Wildman–Crippen LogP) is 0.966. The van der Waals surface area contributed by atoms with Gasteiger partial charge in [0.05, 0.1) is 12.3 Å². The summed E-state index contributed by atoms with van der Waals surface area (Å²) in [6.45, 7) is 7.83. The second kappa shape index (κ2) is 8.67. The zero-order chi connectivity index (χ0) is 19.2. The van der Waals surface area contributed by atoms with E-state index >= 15 is 0 Å². The van der Waals surface area contributed by atoms with Crippen molar-refractivity contribution in [1.82, 2.24) is 24.9 Å². The molecular weight excluding hydrogens is 354 g/mol. The number of hydrogen-bond acceptors (Lipinski definition) is 8. The topological polar surface area (TPSA) is 114 Å². The van der Waals surface area contributed by atoms with Crippen LogP contribution in [0, 0.1) is 0 Å². The zero-order valence-corrected chi connectivity index (χ0v) is 15.4. The van der Waals surface area contributed by atoms with Gasteiger partial charge in [0.1, 0.15) is 18.1 Å². The molecule has 0 unspecified atom stereocenters. The summed E-state index contributed by atoms with van der Waals surface area (Å²) in [5.74, 6) is 0.286. The van der Waals surface area contributed by atoms with E-state index in [1.165, 1.54) is 0 Å². The third kappa shape index (κ3) is 5.30. The second-order valence-corrected chi connectivity index (χ2v) is 6.43. The van der Waals surface area contributed by atoms with Crippen molar-refractivity contribution >= 4 is 6.09 Å². The fraction of sp³-hybridized carbons (Fsp3) is 0.529. The standard InChI is InChI=1S/C17H23N5O5/c1-12(2)26-17(24)22-7-5-21(6-8-22)9-10-25-13-3-4-14(18-11-13)15-19-16(23)27-20-15/h3-4,11-12H,5-10H2,1-2H3,(H,19,20,23). The minimum atomic E-state index is -0.621. The summed E-state index contributed by atoms with van der Waals surface area (Å²) < 4.78 is 15.4. The highest BCUT2D eigenvalue weighted by Crippen LogP contribution is 2.15. The first-order chi connectivity index (χ1) is 13.0. The lowest BCUT2D eigenvalue weighted by molar-refractivity contribution is 0.0549. The molecule has 10 heteroatoms. The number of pyridine rings is 1. The smallest absolute Gasteiger partial charge is 0.439 e. The Bertz CT molecular complexity index is 793. The van der Waals surface area contributed by atoms with Crippen LogP contribution in [-0.2, 0) is 4.74 Å². The molecule has 0 saturated carbocycles.